The molecule has 1 heterocycles. The van der Waals surface area contributed by atoms with Crippen LogP contribution in [0.4, 0.5) is 5.13 Å². The highest BCUT2D eigenvalue weighted by molar-refractivity contribution is 9.10. The van der Waals surface area contributed by atoms with Crippen molar-refractivity contribution in [2.24, 2.45) is 5.73 Å². The number of rotatable bonds is 2. The van der Waals surface area contributed by atoms with Gasteiger partial charge in [-0.25, -0.2) is 4.98 Å². The molecule has 0 aliphatic carbocycles. The van der Waals surface area contributed by atoms with E-state index in [9.17, 15) is 9.90 Å². The smallest absolute Gasteiger partial charge is 0.261 e. The van der Waals surface area contributed by atoms with Crippen LogP contribution in [0.1, 0.15) is 15.2 Å². The monoisotopic (exact) mass is 351 g/mol. The predicted molar refractivity (Wildman–Crippen MR) is 81.8 cm³/mol. The standard InChI is InChI=1S/C13H10BrN3O2S/c14-8-3-4-11(18)10(6-8)12(19)17-13-16-7-9(20-13)2-1-5-15/h3-4,6-7,18H,5,15H2,(H,16,17,19). The molecule has 0 unspecified atom stereocenters. The maximum Gasteiger partial charge on any atom is 0.261 e. The van der Waals surface area contributed by atoms with E-state index in [1.54, 1.807) is 12.3 Å². The average molecular weight is 352 g/mol. The Morgan fingerprint density at radius 3 is 3.10 bits per heavy atom. The van der Waals surface area contributed by atoms with Gasteiger partial charge < -0.3 is 10.8 Å². The third-order valence-corrected chi connectivity index (χ3v) is 3.56. The van der Waals surface area contributed by atoms with Crippen molar-refractivity contribution in [2.45, 2.75) is 0 Å². The second kappa shape index (κ2) is 6.52. The molecule has 0 bridgehead atoms. The largest absolute Gasteiger partial charge is 0.507 e. The van der Waals surface area contributed by atoms with Crippen molar-refractivity contribution in [3.8, 4) is 17.6 Å². The number of nitrogens with one attached hydrogen (secondary N) is 1. The lowest BCUT2D eigenvalue weighted by molar-refractivity contribution is 0.102. The number of hydrogen-bond donors (Lipinski definition) is 3. The molecule has 20 heavy (non-hydrogen) atoms. The van der Waals surface area contributed by atoms with E-state index in [0.717, 1.165) is 0 Å². The Labute approximate surface area is 128 Å². The van der Waals surface area contributed by atoms with Crippen molar-refractivity contribution in [3.63, 3.8) is 0 Å². The van der Waals surface area contributed by atoms with E-state index in [1.807, 2.05) is 0 Å². The minimum Gasteiger partial charge on any atom is -0.507 e. The van der Waals surface area contributed by atoms with Gasteiger partial charge >= 0.3 is 0 Å². The van der Waals surface area contributed by atoms with Crippen LogP contribution in [0, 0.1) is 11.8 Å². The lowest BCUT2D eigenvalue weighted by Crippen LogP contribution is -2.11. The maximum atomic E-state index is 12.0. The zero-order chi connectivity index (χ0) is 14.5. The molecular weight excluding hydrogens is 342 g/mol. The highest BCUT2D eigenvalue weighted by Crippen LogP contribution is 2.24. The van der Waals surface area contributed by atoms with E-state index >= 15 is 0 Å². The molecule has 5 nitrogen and oxygen atoms in total. The number of aromatic hydroxyl groups is 1. The first-order valence-corrected chi connectivity index (χ1v) is 7.15. The summed E-state index contributed by atoms with van der Waals surface area (Å²) >= 11 is 4.49. The Balaban J connectivity index is 2.15. The summed E-state index contributed by atoms with van der Waals surface area (Å²) in [7, 11) is 0. The predicted octanol–water partition coefficient (Wildman–Crippen LogP) is 2.17. The summed E-state index contributed by atoms with van der Waals surface area (Å²) in [6.45, 7) is 0.269. The fourth-order valence-electron chi connectivity index (χ4n) is 1.38. The summed E-state index contributed by atoms with van der Waals surface area (Å²) in [5, 5.41) is 12.7. The molecule has 0 spiro atoms. The molecule has 0 aliphatic rings. The van der Waals surface area contributed by atoms with Crippen molar-refractivity contribution >= 4 is 38.3 Å². The summed E-state index contributed by atoms with van der Waals surface area (Å²) in [5.74, 6) is 5.01. The highest BCUT2D eigenvalue weighted by Gasteiger charge is 2.13. The molecule has 2 aromatic rings. The van der Waals surface area contributed by atoms with Gasteiger partial charge in [-0.15, -0.1) is 0 Å². The molecule has 4 N–H and O–H groups in total. The molecule has 7 heteroatoms. The van der Waals surface area contributed by atoms with E-state index in [1.165, 1.54) is 23.5 Å². The van der Waals surface area contributed by atoms with E-state index in [0.29, 0.717) is 14.5 Å². The third kappa shape index (κ3) is 3.57. The van der Waals surface area contributed by atoms with Gasteiger partial charge in [0.2, 0.25) is 0 Å². The van der Waals surface area contributed by atoms with Gasteiger partial charge in [-0.1, -0.05) is 39.1 Å². The number of phenolic OH excluding ortho intramolecular Hbond substituents is 1. The third-order valence-electron chi connectivity index (χ3n) is 2.24. The van der Waals surface area contributed by atoms with Crippen LogP contribution >= 0.6 is 27.3 Å². The number of thiazole rings is 1. The summed E-state index contributed by atoms with van der Waals surface area (Å²) in [6, 6.07) is 4.63. The Hall–Kier alpha value is -1.88. The number of halogens is 1. The summed E-state index contributed by atoms with van der Waals surface area (Å²) in [6.07, 6.45) is 1.56. The molecule has 1 amide bonds. The number of carbonyl (C=O) groups is 1. The molecule has 2 rings (SSSR count). The molecule has 0 fully saturated rings. The SMILES string of the molecule is NCC#Cc1cnc(NC(=O)c2cc(Br)ccc2O)s1. The van der Waals surface area contributed by atoms with Gasteiger partial charge in [-0.2, -0.15) is 0 Å². The number of benzene rings is 1. The lowest BCUT2D eigenvalue weighted by atomic mass is 10.2. The van der Waals surface area contributed by atoms with E-state index < -0.39 is 5.91 Å². The first kappa shape index (κ1) is 14.5. The number of nitrogens with two attached hydrogens (primary N) is 1. The van der Waals surface area contributed by atoms with Crippen LogP contribution in [0.2, 0.25) is 0 Å². The number of carbonyl (C=O) groups excluding carboxylic acids is 1. The van der Waals surface area contributed by atoms with Gasteiger partial charge in [-0.3, -0.25) is 10.1 Å². The molecular formula is C13H10BrN3O2S. The zero-order valence-corrected chi connectivity index (χ0v) is 12.6. The van der Waals surface area contributed by atoms with Crippen LogP contribution in [0.3, 0.4) is 0 Å². The first-order chi connectivity index (χ1) is 9.60. The molecule has 0 atom stereocenters. The lowest BCUT2D eigenvalue weighted by Gasteiger charge is -2.04. The van der Waals surface area contributed by atoms with Crippen LogP contribution in [-0.4, -0.2) is 22.5 Å². The number of amides is 1. The molecule has 102 valence electrons. The molecule has 1 aromatic heterocycles. The van der Waals surface area contributed by atoms with Gasteiger partial charge in [0.15, 0.2) is 5.13 Å². The second-order valence-electron chi connectivity index (χ2n) is 3.65. The van der Waals surface area contributed by atoms with Crippen molar-refractivity contribution in [1.82, 2.24) is 4.98 Å². The molecule has 0 radical (unpaired) electrons. The van der Waals surface area contributed by atoms with E-state index in [4.69, 9.17) is 5.73 Å². The van der Waals surface area contributed by atoms with E-state index in [2.05, 4.69) is 38.1 Å². The van der Waals surface area contributed by atoms with Crippen LogP contribution in [-0.2, 0) is 0 Å². The molecule has 0 aliphatic heterocycles. The topological polar surface area (TPSA) is 88.2 Å². The van der Waals surface area contributed by atoms with Gasteiger partial charge in [0.05, 0.1) is 23.2 Å². The van der Waals surface area contributed by atoms with Crippen LogP contribution < -0.4 is 11.1 Å². The Morgan fingerprint density at radius 1 is 1.55 bits per heavy atom. The Morgan fingerprint density at radius 2 is 2.35 bits per heavy atom. The fraction of sp³-hybridized carbons (Fsp3) is 0.0769. The Bertz CT molecular complexity index is 703. The number of aromatic nitrogens is 1. The van der Waals surface area contributed by atoms with Gasteiger partial charge in [-0.05, 0) is 18.2 Å². The average Bonchev–Trinajstić information content (AvgIpc) is 2.86. The number of anilines is 1. The molecule has 0 saturated carbocycles. The summed E-state index contributed by atoms with van der Waals surface area (Å²) in [4.78, 5) is 16.8. The van der Waals surface area contributed by atoms with Gasteiger partial charge in [0.1, 0.15) is 5.75 Å². The molecule has 1 aromatic carbocycles. The van der Waals surface area contributed by atoms with Crippen molar-refractivity contribution in [2.75, 3.05) is 11.9 Å². The second-order valence-corrected chi connectivity index (χ2v) is 5.60. The highest BCUT2D eigenvalue weighted by atomic mass is 79.9. The van der Waals surface area contributed by atoms with Crippen molar-refractivity contribution < 1.29 is 9.90 Å². The van der Waals surface area contributed by atoms with Crippen molar-refractivity contribution in [1.29, 1.82) is 0 Å². The van der Waals surface area contributed by atoms with E-state index in [-0.39, 0.29) is 17.9 Å². The van der Waals surface area contributed by atoms with Crippen LogP contribution in [0.15, 0.2) is 28.9 Å². The fourth-order valence-corrected chi connectivity index (χ4v) is 2.43. The Kier molecular flexibility index (Phi) is 4.74. The minimum absolute atomic E-state index is 0.0922. The number of hydrogen-bond acceptors (Lipinski definition) is 5. The quantitative estimate of drug-likeness (QED) is 0.723. The number of nitrogens with zero attached hydrogens (tertiary/aromatic N) is 1. The van der Waals surface area contributed by atoms with Gasteiger partial charge in [0, 0.05) is 4.47 Å². The minimum atomic E-state index is -0.434. The maximum absolute atomic E-state index is 12.0. The normalized spacial score (nSPS) is 9.70. The number of phenols is 1. The molecule has 0 saturated heterocycles. The summed E-state index contributed by atoms with van der Waals surface area (Å²) < 4.78 is 0.703. The van der Waals surface area contributed by atoms with Gasteiger partial charge in [0.25, 0.3) is 5.91 Å². The summed E-state index contributed by atoms with van der Waals surface area (Å²) in [5.41, 5.74) is 5.45. The van der Waals surface area contributed by atoms with Crippen LogP contribution in [0.5, 0.6) is 5.75 Å². The first-order valence-electron chi connectivity index (χ1n) is 5.55. The van der Waals surface area contributed by atoms with Crippen LogP contribution in [0.25, 0.3) is 0 Å². The zero-order valence-electron chi connectivity index (χ0n) is 10.2. The van der Waals surface area contributed by atoms with Crippen molar-refractivity contribution in [3.05, 3.63) is 39.3 Å².